The lowest BCUT2D eigenvalue weighted by Gasteiger charge is -1.98. The van der Waals surface area contributed by atoms with Crippen molar-refractivity contribution in [1.29, 1.82) is 0 Å². The van der Waals surface area contributed by atoms with Gasteiger partial charge in [-0.15, -0.1) is 0 Å². The Morgan fingerprint density at radius 3 is 2.50 bits per heavy atom. The molecule has 0 saturated carbocycles. The molecule has 8 heavy (non-hydrogen) atoms. The van der Waals surface area contributed by atoms with E-state index in [9.17, 15) is 8.78 Å². The number of hydrogen-bond acceptors (Lipinski definition) is 1. The normalized spacial score (nSPS) is 10.5. The predicted molar refractivity (Wildman–Crippen MR) is 29.2 cm³/mol. The Labute approximate surface area is 48.1 Å². The van der Waals surface area contributed by atoms with E-state index in [1.807, 2.05) is 6.92 Å². The van der Waals surface area contributed by atoms with E-state index in [0.717, 1.165) is 6.42 Å². The third-order valence-electron chi connectivity index (χ3n) is 0.725. The first kappa shape index (κ1) is 7.82. The van der Waals surface area contributed by atoms with Crippen molar-refractivity contribution >= 4 is 0 Å². The Bertz CT molecular complexity index is 47.7. The highest BCUT2D eigenvalue weighted by molar-refractivity contribution is 4.45. The third kappa shape index (κ3) is 5.82. The van der Waals surface area contributed by atoms with Gasteiger partial charge in [0.15, 0.2) is 0 Å². The van der Waals surface area contributed by atoms with Crippen molar-refractivity contribution in [3.05, 3.63) is 0 Å². The van der Waals surface area contributed by atoms with Gasteiger partial charge >= 0.3 is 0 Å². The molecule has 0 fully saturated rings. The first-order chi connectivity index (χ1) is 3.77. The summed E-state index contributed by atoms with van der Waals surface area (Å²) in [5.74, 6) is 0. The van der Waals surface area contributed by atoms with Crippen LogP contribution in [-0.2, 0) is 0 Å². The van der Waals surface area contributed by atoms with E-state index >= 15 is 0 Å². The highest BCUT2D eigenvalue weighted by Gasteiger charge is 1.97. The number of nitrogens with one attached hydrogen (secondary N) is 1. The monoisotopic (exact) mass is 123 g/mol. The van der Waals surface area contributed by atoms with Gasteiger partial charge < -0.3 is 5.32 Å². The van der Waals surface area contributed by atoms with Gasteiger partial charge in [0.1, 0.15) is 0 Å². The number of hydrogen-bond donors (Lipinski definition) is 1. The van der Waals surface area contributed by atoms with Gasteiger partial charge in [0.25, 0.3) is 6.43 Å². The van der Waals surface area contributed by atoms with Crippen LogP contribution in [0.3, 0.4) is 0 Å². The molecule has 0 aromatic carbocycles. The van der Waals surface area contributed by atoms with Crippen LogP contribution < -0.4 is 5.32 Å². The lowest BCUT2D eigenvalue weighted by molar-refractivity contribution is 0.146. The lowest BCUT2D eigenvalue weighted by Crippen LogP contribution is -2.21. The molecular weight excluding hydrogens is 112 g/mol. The Morgan fingerprint density at radius 1 is 1.50 bits per heavy atom. The van der Waals surface area contributed by atoms with E-state index in [0.29, 0.717) is 6.54 Å². The summed E-state index contributed by atoms with van der Waals surface area (Å²) in [7, 11) is 0. The summed E-state index contributed by atoms with van der Waals surface area (Å²) in [6.45, 7) is 2.46. The van der Waals surface area contributed by atoms with Crippen LogP contribution in [-0.4, -0.2) is 19.5 Å². The predicted octanol–water partition coefficient (Wildman–Crippen LogP) is 1.25. The number of rotatable bonds is 4. The van der Waals surface area contributed by atoms with E-state index < -0.39 is 6.43 Å². The maximum absolute atomic E-state index is 11.3. The lowest BCUT2D eigenvalue weighted by atomic mass is 10.5. The number of alkyl halides is 2. The Balaban J connectivity index is 2.72. The molecule has 1 nitrogen and oxygen atoms in total. The van der Waals surface area contributed by atoms with E-state index in [1.165, 1.54) is 0 Å². The van der Waals surface area contributed by atoms with Crippen LogP contribution in [0.2, 0.25) is 0 Å². The highest BCUT2D eigenvalue weighted by Crippen LogP contribution is 1.86. The Morgan fingerprint density at radius 2 is 2.12 bits per heavy atom. The van der Waals surface area contributed by atoms with E-state index in [1.54, 1.807) is 0 Å². The minimum atomic E-state index is -2.21. The number of halogens is 2. The average Bonchev–Trinajstić information content (AvgIpc) is 1.66. The van der Waals surface area contributed by atoms with Gasteiger partial charge in [0.2, 0.25) is 0 Å². The molecular formula is C5H11F2N. The zero-order valence-corrected chi connectivity index (χ0v) is 4.95. The van der Waals surface area contributed by atoms with Gasteiger partial charge in [-0.2, -0.15) is 0 Å². The first-order valence-corrected chi connectivity index (χ1v) is 2.76. The molecule has 0 aliphatic rings. The molecule has 50 valence electrons. The summed E-state index contributed by atoms with van der Waals surface area (Å²) >= 11 is 0. The van der Waals surface area contributed by atoms with Crippen molar-refractivity contribution in [1.82, 2.24) is 5.32 Å². The maximum atomic E-state index is 11.3. The van der Waals surface area contributed by atoms with Crippen LogP contribution in [0.15, 0.2) is 0 Å². The molecule has 0 aliphatic carbocycles. The summed E-state index contributed by atoms with van der Waals surface area (Å²) in [4.78, 5) is 0. The minimum Gasteiger partial charge on any atom is -0.311 e. The molecule has 0 radical (unpaired) electrons. The van der Waals surface area contributed by atoms with Crippen LogP contribution >= 0.6 is 0 Å². The second-order valence-electron chi connectivity index (χ2n) is 1.60. The highest BCUT2D eigenvalue weighted by atomic mass is 19.3. The van der Waals surface area contributed by atoms with Crippen molar-refractivity contribution in [3.8, 4) is 0 Å². The maximum Gasteiger partial charge on any atom is 0.250 e. The van der Waals surface area contributed by atoms with Crippen LogP contribution in [0, 0.1) is 0 Å². The van der Waals surface area contributed by atoms with Crippen molar-refractivity contribution < 1.29 is 8.78 Å². The van der Waals surface area contributed by atoms with E-state index in [-0.39, 0.29) is 6.54 Å². The molecule has 0 amide bonds. The summed E-state index contributed by atoms with van der Waals surface area (Å²) in [5.41, 5.74) is 0. The van der Waals surface area contributed by atoms with Gasteiger partial charge in [-0.05, 0) is 13.0 Å². The van der Waals surface area contributed by atoms with Crippen LogP contribution in [0.4, 0.5) is 8.78 Å². The van der Waals surface area contributed by atoms with Gasteiger partial charge in [-0.3, -0.25) is 0 Å². The molecule has 0 aromatic heterocycles. The molecule has 0 aromatic rings. The molecule has 0 saturated heterocycles. The standard InChI is InChI=1S/C5H11F2N/c1-2-3-8-4-5(6)7/h5,8H,2-4H2,1H3. The molecule has 0 aliphatic heterocycles. The molecule has 0 unspecified atom stereocenters. The first-order valence-electron chi connectivity index (χ1n) is 2.76. The summed E-state index contributed by atoms with van der Waals surface area (Å²) in [5, 5.41) is 2.58. The molecule has 1 N–H and O–H groups in total. The largest absolute Gasteiger partial charge is 0.311 e. The van der Waals surface area contributed by atoms with Crippen molar-refractivity contribution in [2.45, 2.75) is 19.8 Å². The van der Waals surface area contributed by atoms with Crippen LogP contribution in [0.1, 0.15) is 13.3 Å². The molecule has 0 atom stereocenters. The van der Waals surface area contributed by atoms with Gasteiger partial charge in [0, 0.05) is 0 Å². The molecule has 0 bridgehead atoms. The van der Waals surface area contributed by atoms with Crippen molar-refractivity contribution in [3.63, 3.8) is 0 Å². The van der Waals surface area contributed by atoms with Crippen LogP contribution in [0.5, 0.6) is 0 Å². The molecule has 0 heterocycles. The molecule has 0 spiro atoms. The SMILES string of the molecule is CCCNCC(F)F. The fourth-order valence-electron chi connectivity index (χ4n) is 0.388. The van der Waals surface area contributed by atoms with Gasteiger partial charge in [0.05, 0.1) is 6.54 Å². The van der Waals surface area contributed by atoms with Crippen LogP contribution in [0.25, 0.3) is 0 Å². The van der Waals surface area contributed by atoms with E-state index in [4.69, 9.17) is 0 Å². The second-order valence-corrected chi connectivity index (χ2v) is 1.60. The van der Waals surface area contributed by atoms with Gasteiger partial charge in [-0.25, -0.2) is 8.78 Å². The Hall–Kier alpha value is -0.180. The Kier molecular flexibility index (Phi) is 4.85. The zero-order valence-electron chi connectivity index (χ0n) is 4.95. The van der Waals surface area contributed by atoms with E-state index in [2.05, 4.69) is 5.32 Å². The summed E-state index contributed by atoms with van der Waals surface area (Å²) in [6.07, 6.45) is -1.30. The fourth-order valence-corrected chi connectivity index (χ4v) is 0.388. The smallest absolute Gasteiger partial charge is 0.250 e. The molecule has 0 rings (SSSR count). The topological polar surface area (TPSA) is 12.0 Å². The second kappa shape index (κ2) is 4.97. The summed E-state index contributed by atoms with van der Waals surface area (Å²) in [6, 6.07) is 0. The quantitative estimate of drug-likeness (QED) is 0.555. The van der Waals surface area contributed by atoms with Crippen molar-refractivity contribution in [2.24, 2.45) is 0 Å². The minimum absolute atomic E-state index is 0.173. The van der Waals surface area contributed by atoms with Crippen molar-refractivity contribution in [2.75, 3.05) is 13.1 Å². The fraction of sp³-hybridized carbons (Fsp3) is 1.00. The summed E-state index contributed by atoms with van der Waals surface area (Å²) < 4.78 is 22.6. The third-order valence-corrected chi connectivity index (χ3v) is 0.725. The van der Waals surface area contributed by atoms with Gasteiger partial charge in [-0.1, -0.05) is 6.92 Å². The molecule has 3 heteroatoms. The zero-order chi connectivity index (χ0) is 6.41. The average molecular weight is 123 g/mol.